The third-order valence-electron chi connectivity index (χ3n) is 0. The van der Waals surface area contributed by atoms with E-state index < -0.39 is 0 Å². The number of hydrogen-bond acceptors (Lipinski definition) is 0. The molecule has 0 aromatic rings. The summed E-state index contributed by atoms with van der Waals surface area (Å²) >= 11 is 0. The Balaban J connectivity index is 0. The summed E-state index contributed by atoms with van der Waals surface area (Å²) in [6.45, 7) is 0. The fourth-order valence-corrected chi connectivity index (χ4v) is 0. The second-order valence-corrected chi connectivity index (χ2v) is 0. The third-order valence-corrected chi connectivity index (χ3v) is 0. The van der Waals surface area contributed by atoms with Crippen LogP contribution in [0, 0.1) is 0 Å². The van der Waals surface area contributed by atoms with Gasteiger partial charge in [-0.1, -0.05) is 0 Å². The van der Waals surface area contributed by atoms with Crippen molar-refractivity contribution in [3.63, 3.8) is 0 Å². The largest absolute Gasteiger partial charge is 3.00 e. The van der Waals surface area contributed by atoms with Crippen molar-refractivity contribution in [1.82, 2.24) is 0 Å². The molecule has 0 nitrogen and oxygen atoms in total. The topological polar surface area (TPSA) is 0 Å². The van der Waals surface area contributed by atoms with Gasteiger partial charge in [-0.15, -0.1) is 0 Å². The van der Waals surface area contributed by atoms with Gasteiger partial charge >= 0.3 is 103 Å². The van der Waals surface area contributed by atoms with Crippen LogP contribution in [0.5, 0.6) is 0 Å². The second-order valence-electron chi connectivity index (χ2n) is 0. The molecule has 0 amide bonds. The molecule has 0 saturated heterocycles. The minimum atomic E-state index is 0. The summed E-state index contributed by atoms with van der Waals surface area (Å²) < 4.78 is 0. The van der Waals surface area contributed by atoms with Crippen LogP contribution in [0.25, 0.3) is 0 Å². The summed E-state index contributed by atoms with van der Waals surface area (Å²) in [4.78, 5) is 0. The molecule has 0 aliphatic rings. The van der Waals surface area contributed by atoms with Gasteiger partial charge in [0.05, 0.1) is 0 Å². The zero-order valence-electron chi connectivity index (χ0n) is 5.96. The first-order valence-corrected chi connectivity index (χ1v) is 0. The van der Waals surface area contributed by atoms with E-state index in [1.165, 1.54) is 0 Å². The van der Waals surface area contributed by atoms with Crippen molar-refractivity contribution in [2.45, 2.75) is 0 Å². The van der Waals surface area contributed by atoms with Crippen LogP contribution < -0.4 is 0 Å². The fraction of sp³-hybridized carbons (Fsp3) is 0. The summed E-state index contributed by atoms with van der Waals surface area (Å²) in [6, 6.07) is 0. The Morgan fingerprint density at radius 3 is 0.286 bits per heavy atom. The van der Waals surface area contributed by atoms with Crippen molar-refractivity contribution < 1.29 is 68.3 Å². The molecule has 4 radical (unpaired) electrons. The van der Waals surface area contributed by atoms with Crippen molar-refractivity contribution in [3.8, 4) is 0 Å². The van der Waals surface area contributed by atoms with E-state index in [1.807, 2.05) is 0 Å². The van der Waals surface area contributed by atoms with E-state index in [-0.39, 0.29) is 263 Å². The van der Waals surface area contributed by atoms with Crippen LogP contribution >= 0.6 is 0 Å². The first kappa shape index (κ1) is 149. The standard InChI is InChI=1S/4Cu.4In.3S.3Se/q;;;;4*+3;6*-2. The molecule has 0 unspecified atom stereocenters. The van der Waals surface area contributed by atoms with Crippen molar-refractivity contribution in [2.24, 2.45) is 0 Å². The monoisotopic (exact) mass is 1050 g/mol. The molecule has 0 N–H and O–H groups in total. The number of hydrogen-bond donors (Lipinski definition) is 0. The Kier molecular flexibility index (Phi) is 1370. The summed E-state index contributed by atoms with van der Waals surface area (Å²) in [7, 11) is 0. The van der Waals surface area contributed by atoms with Gasteiger partial charge in [0.25, 0.3) is 0 Å². The molecule has 14 heteroatoms. The molecule has 0 aliphatic carbocycles. The molecule has 0 rings (SSSR count). The van der Waals surface area contributed by atoms with Gasteiger partial charge in [-0.3, -0.25) is 0 Å². The van der Waals surface area contributed by atoms with Gasteiger partial charge in [0.1, 0.15) is 0 Å². The fourth-order valence-electron chi connectivity index (χ4n) is 0. The van der Waals surface area contributed by atoms with Gasteiger partial charge < -0.3 is 91.7 Å². The zero-order valence-corrected chi connectivity index (χ0v) is 30.5. The second kappa shape index (κ2) is 129. The first-order chi connectivity index (χ1) is 0. The van der Waals surface area contributed by atoms with E-state index in [4.69, 9.17) is 0 Å². The molecular formula is Cu4In4S3Se3. The van der Waals surface area contributed by atoms with Gasteiger partial charge in [-0.2, -0.15) is 0 Å². The predicted octanol–water partition coefficient (Wildman–Crippen LogP) is -2.68. The Hall–Kier alpha value is 8.17. The maximum absolute atomic E-state index is 0. The quantitative estimate of drug-likeness (QED) is 0.233. The molecule has 0 saturated carbocycles. The van der Waals surface area contributed by atoms with Crippen LogP contribution in [0.4, 0.5) is 0 Å². The molecule has 0 spiro atoms. The maximum Gasteiger partial charge on any atom is 3.00 e. The average molecular weight is 1050 g/mol. The van der Waals surface area contributed by atoms with Gasteiger partial charge in [-0.05, 0) is 0 Å². The van der Waals surface area contributed by atoms with Crippen LogP contribution in [0.3, 0.4) is 0 Å². The number of rotatable bonds is 0. The summed E-state index contributed by atoms with van der Waals surface area (Å²) in [5, 5.41) is 0. The zero-order chi connectivity index (χ0) is 0. The molecule has 0 bridgehead atoms. The van der Waals surface area contributed by atoms with Crippen LogP contribution in [0.2, 0.25) is 0 Å². The summed E-state index contributed by atoms with van der Waals surface area (Å²) in [6.07, 6.45) is 0. The molecule has 14 heavy (non-hydrogen) atoms. The molecule has 92 valence electrons. The Bertz CT molecular complexity index is 27.8. The van der Waals surface area contributed by atoms with Crippen LogP contribution in [0.15, 0.2) is 0 Å². The van der Waals surface area contributed by atoms with Gasteiger partial charge in [-0.25, -0.2) is 0 Å². The van der Waals surface area contributed by atoms with Crippen LogP contribution in [-0.4, -0.2) is 155 Å². The Morgan fingerprint density at radius 2 is 0.286 bits per heavy atom. The first-order valence-electron chi connectivity index (χ1n) is 0. The van der Waals surface area contributed by atoms with Gasteiger partial charge in [0, 0.05) is 68.3 Å². The molecule has 0 atom stereocenters. The normalized spacial score (nSPS) is 0. The van der Waals surface area contributed by atoms with E-state index in [1.54, 1.807) is 0 Å². The van der Waals surface area contributed by atoms with E-state index in [0.29, 0.717) is 0 Å². The van der Waals surface area contributed by atoms with Crippen LogP contribution in [0.1, 0.15) is 0 Å². The van der Waals surface area contributed by atoms with Crippen LogP contribution in [-0.2, 0) is 109 Å². The SMILES string of the molecule is [Cu].[Cu].[Cu].[Cu].[In+3].[In+3].[In+3].[In+3].[S-2].[S-2].[S-2].[Se-2].[Se-2].[Se-2]. The van der Waals surface area contributed by atoms with E-state index >= 15 is 0 Å². The smallest absolute Gasteiger partial charge is 2.00 e. The van der Waals surface area contributed by atoms with Crippen molar-refractivity contribution >= 4 is 195 Å². The summed E-state index contributed by atoms with van der Waals surface area (Å²) in [5.41, 5.74) is 0. The van der Waals surface area contributed by atoms with E-state index in [0.717, 1.165) is 0 Å². The van der Waals surface area contributed by atoms with E-state index in [2.05, 4.69) is 0 Å². The molecule has 0 aromatic heterocycles. The van der Waals surface area contributed by atoms with E-state index in [9.17, 15) is 0 Å². The van der Waals surface area contributed by atoms with Crippen molar-refractivity contribution in [3.05, 3.63) is 0 Å². The van der Waals surface area contributed by atoms with Crippen molar-refractivity contribution in [1.29, 1.82) is 0 Å². The molecule has 0 heterocycles. The molecule has 0 fully saturated rings. The van der Waals surface area contributed by atoms with Crippen molar-refractivity contribution in [2.75, 3.05) is 0 Å². The molecular weight excluding hydrogens is 1050 g/mol. The Morgan fingerprint density at radius 1 is 0.286 bits per heavy atom. The molecule has 0 aromatic carbocycles. The summed E-state index contributed by atoms with van der Waals surface area (Å²) in [5.74, 6) is 0. The van der Waals surface area contributed by atoms with Gasteiger partial charge in [0.2, 0.25) is 0 Å². The third kappa shape index (κ3) is 111. The Labute approximate surface area is 257 Å². The minimum Gasteiger partial charge on any atom is -2.00 e. The predicted molar refractivity (Wildman–Crippen MR) is 62.4 cm³/mol. The minimum absolute atomic E-state index is 0. The van der Waals surface area contributed by atoms with Gasteiger partial charge in [0.15, 0.2) is 0 Å². The average Bonchev–Trinajstić information content (AvgIpc) is 0. The molecule has 0 aliphatic heterocycles. The maximum atomic E-state index is 0.